The van der Waals surface area contributed by atoms with E-state index in [1.807, 2.05) is 12.1 Å². The summed E-state index contributed by atoms with van der Waals surface area (Å²) < 4.78 is 13.3. The number of nitrogens with zero attached hydrogens (tertiary/aromatic N) is 2. The van der Waals surface area contributed by atoms with E-state index in [0.717, 1.165) is 83.6 Å². The number of hydrogen-bond donors (Lipinski definition) is 0. The van der Waals surface area contributed by atoms with Gasteiger partial charge in [-0.15, -0.1) is 0 Å². The molecule has 0 aliphatic heterocycles. The molecule has 0 saturated carbocycles. The fourth-order valence-corrected chi connectivity index (χ4v) is 15.4. The van der Waals surface area contributed by atoms with Gasteiger partial charge in [0.1, 0.15) is 11.2 Å². The van der Waals surface area contributed by atoms with Crippen LogP contribution in [0.4, 0.5) is 34.1 Å². The number of para-hydroxylation sites is 6. The second-order valence-corrected chi connectivity index (χ2v) is 25.1. The van der Waals surface area contributed by atoms with Crippen LogP contribution in [0.3, 0.4) is 0 Å². The minimum Gasteiger partial charge on any atom is -0.454 e. The molecular formula is C81H62N2O2. The quantitative estimate of drug-likeness (QED) is 0.142. The summed E-state index contributed by atoms with van der Waals surface area (Å²) in [4.78, 5) is 4.65. The van der Waals surface area contributed by atoms with Gasteiger partial charge in [-0.25, -0.2) is 0 Å². The van der Waals surface area contributed by atoms with Gasteiger partial charge in [-0.1, -0.05) is 224 Å². The predicted octanol–water partition coefficient (Wildman–Crippen LogP) is 23.6. The van der Waals surface area contributed by atoms with Crippen molar-refractivity contribution in [3.63, 3.8) is 0 Å². The van der Waals surface area contributed by atoms with Gasteiger partial charge in [0.05, 0.1) is 11.4 Å². The van der Waals surface area contributed by atoms with Gasteiger partial charge in [0.25, 0.3) is 0 Å². The number of rotatable bonds is 8. The molecule has 4 nitrogen and oxygen atoms in total. The van der Waals surface area contributed by atoms with E-state index in [1.54, 1.807) is 0 Å². The van der Waals surface area contributed by atoms with Crippen molar-refractivity contribution in [2.45, 2.75) is 47.0 Å². The SMILES string of the molecule is CC(C)(C)C1(C(C)(C)C)c2cc(-c3ccc(N(c4ccccc4)c4cccc5c4oc4ccccc45)cc3)c3ccccc3c2-c2c1c1ccc(-c3ccc(N(c4ccccc4)c4cccc5c4oc4ccccc45)cc3)cc1c1ccccc21. The van der Waals surface area contributed by atoms with E-state index >= 15 is 0 Å². The average Bonchev–Trinajstić information content (AvgIpc) is 1.56. The first-order valence-corrected chi connectivity index (χ1v) is 29.7. The molecule has 0 N–H and O–H groups in total. The van der Waals surface area contributed by atoms with Crippen LogP contribution in [0.1, 0.15) is 52.7 Å². The first-order chi connectivity index (χ1) is 41.5. The Morgan fingerprint density at radius 3 is 1.22 bits per heavy atom. The molecular weight excluding hydrogens is 1030 g/mol. The third-order valence-electron chi connectivity index (χ3n) is 18.5. The molecule has 0 radical (unpaired) electrons. The lowest BCUT2D eigenvalue weighted by Crippen LogP contribution is -2.50. The average molecular weight is 1100 g/mol. The molecule has 85 heavy (non-hydrogen) atoms. The van der Waals surface area contributed by atoms with E-state index < -0.39 is 5.41 Å². The highest BCUT2D eigenvalue weighted by atomic mass is 16.3. The number of fused-ring (bicyclic) bond motifs is 16. The van der Waals surface area contributed by atoms with E-state index in [4.69, 9.17) is 8.83 Å². The molecule has 0 atom stereocenters. The second-order valence-electron chi connectivity index (χ2n) is 25.1. The van der Waals surface area contributed by atoms with Crippen LogP contribution in [-0.4, -0.2) is 0 Å². The van der Waals surface area contributed by atoms with Crippen molar-refractivity contribution in [2.24, 2.45) is 10.8 Å². The Balaban J connectivity index is 0.854. The Kier molecular flexibility index (Phi) is 11.3. The number of benzene rings is 13. The minimum atomic E-state index is -0.437. The van der Waals surface area contributed by atoms with Gasteiger partial charge < -0.3 is 18.6 Å². The molecule has 13 aromatic carbocycles. The van der Waals surface area contributed by atoms with Crippen molar-refractivity contribution in [2.75, 3.05) is 9.80 Å². The first kappa shape index (κ1) is 50.6. The van der Waals surface area contributed by atoms with Crippen LogP contribution in [0.2, 0.25) is 0 Å². The summed E-state index contributed by atoms with van der Waals surface area (Å²) in [7, 11) is 0. The molecule has 2 heterocycles. The van der Waals surface area contributed by atoms with Gasteiger partial charge in [0.2, 0.25) is 0 Å². The number of hydrogen-bond acceptors (Lipinski definition) is 4. The highest BCUT2D eigenvalue weighted by molar-refractivity contribution is 6.23. The third kappa shape index (κ3) is 7.54. The molecule has 0 spiro atoms. The summed E-state index contributed by atoms with van der Waals surface area (Å²) in [6.07, 6.45) is 0. The first-order valence-electron chi connectivity index (χ1n) is 29.7. The van der Waals surface area contributed by atoms with Gasteiger partial charge in [-0.05, 0) is 173 Å². The van der Waals surface area contributed by atoms with Gasteiger partial charge in [0, 0.05) is 49.7 Å². The van der Waals surface area contributed by atoms with Gasteiger partial charge in [0.15, 0.2) is 11.2 Å². The van der Waals surface area contributed by atoms with Crippen molar-refractivity contribution in [1.82, 2.24) is 0 Å². The zero-order chi connectivity index (χ0) is 57.3. The highest BCUT2D eigenvalue weighted by Crippen LogP contribution is 2.69. The summed E-state index contributed by atoms with van der Waals surface area (Å²) in [6.45, 7) is 14.9. The molecule has 16 rings (SSSR count). The molecule has 0 fully saturated rings. The molecule has 0 amide bonds. The van der Waals surface area contributed by atoms with E-state index in [2.05, 4.69) is 306 Å². The summed E-state index contributed by atoms with van der Waals surface area (Å²) in [5.41, 5.74) is 19.1. The largest absolute Gasteiger partial charge is 0.454 e. The summed E-state index contributed by atoms with van der Waals surface area (Å²) >= 11 is 0. The van der Waals surface area contributed by atoms with Crippen molar-refractivity contribution in [3.8, 4) is 33.4 Å². The summed E-state index contributed by atoms with van der Waals surface area (Å²) in [5.74, 6) is 0. The van der Waals surface area contributed by atoms with E-state index in [1.165, 1.54) is 71.3 Å². The normalized spacial score (nSPS) is 13.2. The molecule has 1 aliphatic rings. The topological polar surface area (TPSA) is 32.8 Å². The number of furan rings is 2. The van der Waals surface area contributed by atoms with Crippen LogP contribution in [-0.2, 0) is 5.41 Å². The maximum absolute atomic E-state index is 6.68. The Labute approximate surface area is 495 Å². The Morgan fingerprint density at radius 2 is 0.706 bits per heavy atom. The lowest BCUT2D eigenvalue weighted by atomic mass is 9.49. The lowest BCUT2D eigenvalue weighted by molar-refractivity contribution is 0.0965. The Hall–Kier alpha value is -10.2. The molecule has 0 bridgehead atoms. The lowest BCUT2D eigenvalue weighted by Gasteiger charge is -2.53. The van der Waals surface area contributed by atoms with Crippen LogP contribution in [0, 0.1) is 10.8 Å². The van der Waals surface area contributed by atoms with E-state index in [9.17, 15) is 0 Å². The molecule has 4 heteroatoms. The number of anilines is 6. The maximum atomic E-state index is 6.68. The highest BCUT2D eigenvalue weighted by Gasteiger charge is 2.59. The summed E-state index contributed by atoms with van der Waals surface area (Å²) in [5, 5.41) is 12.1. The Bertz CT molecular complexity index is 5120. The van der Waals surface area contributed by atoms with Crippen LogP contribution in [0.5, 0.6) is 0 Å². The zero-order valence-corrected chi connectivity index (χ0v) is 48.6. The van der Waals surface area contributed by atoms with Gasteiger partial charge in [-0.2, -0.15) is 0 Å². The predicted molar refractivity (Wildman–Crippen MR) is 359 cm³/mol. The molecule has 1 aliphatic carbocycles. The van der Waals surface area contributed by atoms with Crippen molar-refractivity contribution in [1.29, 1.82) is 0 Å². The van der Waals surface area contributed by atoms with Crippen LogP contribution < -0.4 is 9.80 Å². The monoisotopic (exact) mass is 1090 g/mol. The van der Waals surface area contributed by atoms with E-state index in [0.29, 0.717) is 0 Å². The minimum absolute atomic E-state index is 0.232. The molecule has 15 aromatic rings. The fraction of sp³-hybridized carbons (Fsp3) is 0.111. The van der Waals surface area contributed by atoms with Crippen LogP contribution in [0.15, 0.2) is 276 Å². The molecule has 0 unspecified atom stereocenters. The standard InChI is InChI=1S/C81H62N2O2/c1-79(2,3)81(80(4,5)6)69-50-67(52-41-46-57(47-42-52)83(55-25-11-8-12-26-55)71-36-22-34-66-61-30-18-20-38-73(61)85-78(66)71)58-27-13-15-31-62(58)74(69)75-63-32-16-14-28-59(63)68-49-53(43-48-64(68)76(75)81)51-39-44-56(45-40-51)82(54-23-9-7-10-24-54)70-35-21-33-65-60-29-17-19-37-72(60)84-77(65)70/h7-50H,1-6H3. The second kappa shape index (κ2) is 18.9. The van der Waals surface area contributed by atoms with Crippen molar-refractivity contribution < 1.29 is 8.83 Å². The van der Waals surface area contributed by atoms with Crippen molar-refractivity contribution in [3.05, 3.63) is 278 Å². The summed E-state index contributed by atoms with van der Waals surface area (Å²) in [6, 6.07) is 97.4. The van der Waals surface area contributed by atoms with Gasteiger partial charge >= 0.3 is 0 Å². The smallest absolute Gasteiger partial charge is 0.159 e. The van der Waals surface area contributed by atoms with Crippen LogP contribution in [0.25, 0.3) is 110 Å². The molecule has 2 aromatic heterocycles. The maximum Gasteiger partial charge on any atom is 0.159 e. The Morgan fingerprint density at radius 1 is 0.294 bits per heavy atom. The van der Waals surface area contributed by atoms with E-state index in [-0.39, 0.29) is 10.8 Å². The zero-order valence-electron chi connectivity index (χ0n) is 48.6. The fourth-order valence-electron chi connectivity index (χ4n) is 15.4. The third-order valence-corrected chi connectivity index (χ3v) is 18.5. The molecule has 0 saturated heterocycles. The van der Waals surface area contributed by atoms with Crippen molar-refractivity contribution >= 4 is 110 Å². The van der Waals surface area contributed by atoms with Crippen LogP contribution >= 0.6 is 0 Å². The van der Waals surface area contributed by atoms with Gasteiger partial charge in [-0.3, -0.25) is 0 Å². The molecule has 408 valence electrons.